The zero-order valence-corrected chi connectivity index (χ0v) is 13.7. The Balaban J connectivity index is 2.01. The van der Waals surface area contributed by atoms with Gasteiger partial charge in [-0.2, -0.15) is 8.78 Å². The molecular formula is C16H12ClF3O3S. The molecule has 8 heteroatoms. The van der Waals surface area contributed by atoms with E-state index in [-0.39, 0.29) is 21.2 Å². The Morgan fingerprint density at radius 3 is 2.71 bits per heavy atom. The van der Waals surface area contributed by atoms with Crippen molar-refractivity contribution in [2.45, 2.75) is 29.6 Å². The second-order valence-electron chi connectivity index (χ2n) is 5.24. The molecule has 2 aromatic carbocycles. The van der Waals surface area contributed by atoms with E-state index in [0.717, 1.165) is 6.07 Å². The van der Waals surface area contributed by atoms with Gasteiger partial charge >= 0.3 is 5.76 Å². The predicted octanol–water partition coefficient (Wildman–Crippen LogP) is 4.58. The summed E-state index contributed by atoms with van der Waals surface area (Å²) in [4.78, 5) is -0.0884. The zero-order chi connectivity index (χ0) is 17.4. The maximum absolute atomic E-state index is 13.2. The topological polar surface area (TPSA) is 46.5 Å². The summed E-state index contributed by atoms with van der Waals surface area (Å²) in [5.41, 5.74) is 0.744. The van der Waals surface area contributed by atoms with Crippen LogP contribution in [0.25, 0.3) is 0 Å². The third kappa shape index (κ3) is 3.16. The minimum absolute atomic E-state index is 0.0884. The zero-order valence-electron chi connectivity index (χ0n) is 12.1. The molecule has 2 atom stereocenters. The quantitative estimate of drug-likeness (QED) is 0.849. The fourth-order valence-electron chi connectivity index (χ4n) is 2.71. The molecule has 3 rings (SSSR count). The van der Waals surface area contributed by atoms with Crippen molar-refractivity contribution in [3.63, 3.8) is 0 Å². The number of aliphatic hydroxyl groups is 1. The lowest BCUT2D eigenvalue weighted by Gasteiger charge is -2.15. The highest BCUT2D eigenvalue weighted by atomic mass is 35.5. The largest absolute Gasteiger partial charge is 0.457 e. The Hall–Kier alpha value is -1.57. The van der Waals surface area contributed by atoms with Crippen LogP contribution in [-0.2, 0) is 17.2 Å². The van der Waals surface area contributed by atoms with Crippen molar-refractivity contribution < 1.29 is 27.2 Å². The molecule has 3 nitrogen and oxygen atoms in total. The second-order valence-corrected chi connectivity index (χ2v) is 7.04. The van der Waals surface area contributed by atoms with E-state index in [1.54, 1.807) is 0 Å². The first-order valence-corrected chi connectivity index (χ1v) is 8.63. The summed E-state index contributed by atoms with van der Waals surface area (Å²) in [6, 6.07) is 6.50. The lowest BCUT2D eigenvalue weighted by atomic mass is 10.1. The van der Waals surface area contributed by atoms with E-state index in [9.17, 15) is 22.5 Å². The number of rotatable bonds is 4. The molecule has 1 unspecified atom stereocenters. The molecular weight excluding hydrogens is 365 g/mol. The summed E-state index contributed by atoms with van der Waals surface area (Å²) in [6.45, 7) is 0. The molecule has 128 valence electrons. The molecule has 0 bridgehead atoms. The van der Waals surface area contributed by atoms with Crippen LogP contribution >= 0.6 is 11.6 Å². The Labute approximate surface area is 143 Å². The highest BCUT2D eigenvalue weighted by Crippen LogP contribution is 2.42. The van der Waals surface area contributed by atoms with Crippen LogP contribution in [0.15, 0.2) is 35.2 Å². The van der Waals surface area contributed by atoms with Crippen LogP contribution in [0.4, 0.5) is 13.2 Å². The monoisotopic (exact) mass is 376 g/mol. The molecule has 0 aliphatic heterocycles. The van der Waals surface area contributed by atoms with Crippen molar-refractivity contribution in [1.82, 2.24) is 0 Å². The minimum atomic E-state index is -3.04. The molecule has 0 fully saturated rings. The van der Waals surface area contributed by atoms with E-state index < -0.39 is 28.5 Å². The number of aliphatic hydroxyl groups excluding tert-OH is 1. The summed E-state index contributed by atoms with van der Waals surface area (Å²) in [7, 11) is -2.52. The standard InChI is InChI=1S/C16H12ClF3O3S/c17-10-7-8(1-3-11(10)18)23-13-5-6-14(24(22)16(19)20)15-9(13)2-4-12(15)21/h1,3,5-7,12,16,21H,2,4H2/t12-,24?/m1/s1. The molecule has 0 saturated heterocycles. The maximum Gasteiger partial charge on any atom is 0.316 e. The van der Waals surface area contributed by atoms with Crippen molar-refractivity contribution in [3.8, 4) is 11.5 Å². The van der Waals surface area contributed by atoms with Crippen LogP contribution in [0.1, 0.15) is 23.7 Å². The molecule has 0 aromatic heterocycles. The van der Waals surface area contributed by atoms with Gasteiger partial charge in [-0.25, -0.2) is 8.60 Å². The molecule has 2 aromatic rings. The van der Waals surface area contributed by atoms with Gasteiger partial charge in [0.1, 0.15) is 28.1 Å². The van der Waals surface area contributed by atoms with Crippen LogP contribution in [0, 0.1) is 5.82 Å². The molecule has 1 aliphatic carbocycles. The lowest BCUT2D eigenvalue weighted by Crippen LogP contribution is -2.08. The van der Waals surface area contributed by atoms with Crippen LogP contribution in [-0.4, -0.2) is 15.1 Å². The number of hydrogen-bond donors (Lipinski definition) is 1. The van der Waals surface area contributed by atoms with E-state index >= 15 is 0 Å². The maximum atomic E-state index is 13.2. The smallest absolute Gasteiger partial charge is 0.316 e. The SMILES string of the molecule is O=S(c1ccc(Oc2ccc(F)c(Cl)c2)c2c1[C@H](O)CC2)C(F)F. The van der Waals surface area contributed by atoms with Gasteiger partial charge in [-0.1, -0.05) is 11.6 Å². The molecule has 0 heterocycles. The highest BCUT2D eigenvalue weighted by Gasteiger charge is 2.31. The molecule has 1 N–H and O–H groups in total. The number of alkyl halides is 2. The number of halogens is 4. The molecule has 0 amide bonds. The number of ether oxygens (including phenoxy) is 1. The van der Waals surface area contributed by atoms with E-state index in [1.807, 2.05) is 0 Å². The normalized spacial score (nSPS) is 17.8. The third-order valence-corrected chi connectivity index (χ3v) is 5.18. The molecule has 24 heavy (non-hydrogen) atoms. The van der Waals surface area contributed by atoms with Crippen molar-refractivity contribution in [2.24, 2.45) is 0 Å². The van der Waals surface area contributed by atoms with Crippen molar-refractivity contribution in [1.29, 1.82) is 0 Å². The van der Waals surface area contributed by atoms with Crippen molar-refractivity contribution in [2.75, 3.05) is 0 Å². The van der Waals surface area contributed by atoms with E-state index in [0.29, 0.717) is 24.2 Å². The second kappa shape index (κ2) is 6.74. The fraction of sp³-hybridized carbons (Fsp3) is 0.250. The van der Waals surface area contributed by atoms with Gasteiger partial charge < -0.3 is 9.84 Å². The van der Waals surface area contributed by atoms with Crippen LogP contribution in [0.3, 0.4) is 0 Å². The first-order valence-electron chi connectivity index (χ1n) is 7.04. The van der Waals surface area contributed by atoms with Gasteiger partial charge in [0.2, 0.25) is 0 Å². The van der Waals surface area contributed by atoms with Gasteiger partial charge in [0, 0.05) is 17.2 Å². The average Bonchev–Trinajstić information content (AvgIpc) is 2.93. The minimum Gasteiger partial charge on any atom is -0.457 e. The van der Waals surface area contributed by atoms with Gasteiger partial charge in [0.05, 0.1) is 16.0 Å². The van der Waals surface area contributed by atoms with Crippen LogP contribution in [0.2, 0.25) is 5.02 Å². The number of benzene rings is 2. The Morgan fingerprint density at radius 1 is 1.29 bits per heavy atom. The summed E-state index contributed by atoms with van der Waals surface area (Å²) in [5.74, 6) is -3.02. The molecule has 1 aliphatic rings. The third-order valence-electron chi connectivity index (χ3n) is 3.77. The van der Waals surface area contributed by atoms with E-state index in [4.69, 9.17) is 16.3 Å². The fourth-order valence-corrected chi connectivity index (χ4v) is 3.75. The van der Waals surface area contributed by atoms with Crippen molar-refractivity contribution in [3.05, 3.63) is 52.3 Å². The average molecular weight is 377 g/mol. The van der Waals surface area contributed by atoms with Gasteiger partial charge in [-0.05, 0) is 37.1 Å². The summed E-state index contributed by atoms with van der Waals surface area (Å²) < 4.78 is 56.2. The summed E-state index contributed by atoms with van der Waals surface area (Å²) in [5, 5.41) is 9.95. The number of fused-ring (bicyclic) bond motifs is 1. The first-order chi connectivity index (χ1) is 11.4. The van der Waals surface area contributed by atoms with E-state index in [1.165, 1.54) is 24.3 Å². The van der Waals surface area contributed by atoms with Gasteiger partial charge in [0.15, 0.2) is 0 Å². The van der Waals surface area contributed by atoms with Gasteiger partial charge in [-0.15, -0.1) is 0 Å². The van der Waals surface area contributed by atoms with E-state index in [2.05, 4.69) is 0 Å². The molecule has 0 saturated carbocycles. The first kappa shape index (κ1) is 17.3. The van der Waals surface area contributed by atoms with Crippen molar-refractivity contribution >= 4 is 22.4 Å². The van der Waals surface area contributed by atoms with Crippen LogP contribution in [0.5, 0.6) is 11.5 Å². The summed E-state index contributed by atoms with van der Waals surface area (Å²) >= 11 is 5.70. The van der Waals surface area contributed by atoms with Crippen LogP contribution < -0.4 is 4.74 Å². The number of hydrogen-bond acceptors (Lipinski definition) is 3. The summed E-state index contributed by atoms with van der Waals surface area (Å²) in [6.07, 6.45) is -0.249. The van der Waals surface area contributed by atoms with Gasteiger partial charge in [0.25, 0.3) is 0 Å². The highest BCUT2D eigenvalue weighted by molar-refractivity contribution is 7.85. The lowest BCUT2D eigenvalue weighted by molar-refractivity contribution is 0.177. The molecule has 0 spiro atoms. The predicted molar refractivity (Wildman–Crippen MR) is 83.6 cm³/mol. The Bertz CT molecular complexity index is 813. The molecule has 0 radical (unpaired) electrons. The van der Waals surface area contributed by atoms with Gasteiger partial charge in [-0.3, -0.25) is 0 Å². The Kier molecular flexibility index (Phi) is 4.85. The Morgan fingerprint density at radius 2 is 2.04 bits per heavy atom.